The molecule has 1 heteroatoms. The van der Waals surface area contributed by atoms with Crippen LogP contribution in [0.4, 0.5) is 0 Å². The van der Waals surface area contributed by atoms with Crippen LogP contribution in [0.25, 0.3) is 0 Å². The van der Waals surface area contributed by atoms with Crippen molar-refractivity contribution >= 4 is 0 Å². The van der Waals surface area contributed by atoms with E-state index in [1.807, 2.05) is 6.08 Å². The molecule has 0 amide bonds. The van der Waals surface area contributed by atoms with Gasteiger partial charge in [-0.05, 0) is 20.3 Å². The van der Waals surface area contributed by atoms with Crippen molar-refractivity contribution in [3.05, 3.63) is 19.1 Å². The summed E-state index contributed by atoms with van der Waals surface area (Å²) >= 11 is 0. The molecule has 0 saturated carbocycles. The second kappa shape index (κ2) is 4.57. The van der Waals surface area contributed by atoms with E-state index in [2.05, 4.69) is 13.8 Å². The second-order valence-corrected chi connectivity index (χ2v) is 2.24. The molecule has 1 N–H and O–H groups in total. The molecule has 0 aromatic rings. The third kappa shape index (κ3) is 3.31. The molecular formula is C8H15O. The van der Waals surface area contributed by atoms with Crippen LogP contribution in [-0.4, -0.2) is 11.2 Å². The van der Waals surface area contributed by atoms with E-state index >= 15 is 0 Å². The van der Waals surface area contributed by atoms with Gasteiger partial charge in [-0.25, -0.2) is 0 Å². The van der Waals surface area contributed by atoms with Gasteiger partial charge in [-0.1, -0.05) is 19.1 Å². The Kier molecular flexibility index (Phi) is 4.41. The topological polar surface area (TPSA) is 20.2 Å². The highest BCUT2D eigenvalue weighted by atomic mass is 16.3. The molecule has 0 fully saturated rings. The molecule has 0 saturated heterocycles. The number of hydrogen-bond donors (Lipinski definition) is 1. The Labute approximate surface area is 57.4 Å². The summed E-state index contributed by atoms with van der Waals surface area (Å²) in [6.45, 7) is 7.42. The van der Waals surface area contributed by atoms with Gasteiger partial charge in [-0.2, -0.15) is 0 Å². The van der Waals surface area contributed by atoms with E-state index in [4.69, 9.17) is 5.11 Å². The van der Waals surface area contributed by atoms with Gasteiger partial charge in [-0.15, -0.1) is 0 Å². The van der Waals surface area contributed by atoms with Crippen LogP contribution in [0.15, 0.2) is 12.2 Å². The average Bonchev–Trinajstić information content (AvgIpc) is 1.82. The second-order valence-electron chi connectivity index (χ2n) is 2.24. The predicted octanol–water partition coefficient (Wildman–Crippen LogP) is 1.78. The quantitative estimate of drug-likeness (QED) is 0.612. The molecule has 0 aromatic heterocycles. The molecule has 0 bridgehead atoms. The predicted molar refractivity (Wildman–Crippen MR) is 40.0 cm³/mol. The van der Waals surface area contributed by atoms with E-state index < -0.39 is 0 Å². The van der Waals surface area contributed by atoms with Gasteiger partial charge in [0.15, 0.2) is 0 Å². The van der Waals surface area contributed by atoms with E-state index in [9.17, 15) is 0 Å². The van der Waals surface area contributed by atoms with Crippen molar-refractivity contribution in [3.63, 3.8) is 0 Å². The molecule has 0 aliphatic rings. The van der Waals surface area contributed by atoms with Crippen molar-refractivity contribution in [2.45, 2.75) is 26.4 Å². The first-order chi connectivity index (χ1) is 4.22. The van der Waals surface area contributed by atoms with Crippen molar-refractivity contribution in [1.82, 2.24) is 0 Å². The molecule has 0 aromatic carbocycles. The Balaban J connectivity index is 3.68. The summed E-state index contributed by atoms with van der Waals surface area (Å²) < 4.78 is 0. The number of aliphatic hydroxyl groups excluding tert-OH is 1. The van der Waals surface area contributed by atoms with Crippen molar-refractivity contribution < 1.29 is 5.11 Å². The summed E-state index contributed by atoms with van der Waals surface area (Å²) in [6, 6.07) is 0. The lowest BCUT2D eigenvalue weighted by atomic mass is 10.0. The maximum Gasteiger partial charge on any atom is 0.0574 e. The first-order valence-electron chi connectivity index (χ1n) is 3.36. The Hall–Kier alpha value is -0.300. The van der Waals surface area contributed by atoms with Crippen molar-refractivity contribution in [1.29, 1.82) is 0 Å². The summed E-state index contributed by atoms with van der Waals surface area (Å²) in [5.74, 6) is 0.280. The fourth-order valence-corrected chi connectivity index (χ4v) is 0.813. The van der Waals surface area contributed by atoms with E-state index in [1.165, 1.54) is 0 Å². The van der Waals surface area contributed by atoms with E-state index in [0.717, 1.165) is 6.42 Å². The summed E-state index contributed by atoms with van der Waals surface area (Å²) in [6.07, 6.45) is 4.41. The standard InChI is InChI=1S/C8H15O/c1-4-6-8(5-2)7(3)9/h4,6-9H,1,5H2,2-3H3. The van der Waals surface area contributed by atoms with Crippen LogP contribution in [0, 0.1) is 12.8 Å². The molecule has 2 unspecified atom stereocenters. The van der Waals surface area contributed by atoms with Gasteiger partial charge in [0.05, 0.1) is 6.10 Å². The van der Waals surface area contributed by atoms with Gasteiger partial charge in [0.2, 0.25) is 0 Å². The molecule has 53 valence electrons. The van der Waals surface area contributed by atoms with Crippen LogP contribution in [-0.2, 0) is 0 Å². The summed E-state index contributed by atoms with van der Waals surface area (Å²) in [5.41, 5.74) is 0. The van der Waals surface area contributed by atoms with Crippen LogP contribution >= 0.6 is 0 Å². The summed E-state index contributed by atoms with van der Waals surface area (Å²) in [7, 11) is 0. The largest absolute Gasteiger partial charge is 0.393 e. The van der Waals surface area contributed by atoms with Gasteiger partial charge >= 0.3 is 0 Å². The lowest BCUT2D eigenvalue weighted by Crippen LogP contribution is -2.12. The Morgan fingerprint density at radius 2 is 2.22 bits per heavy atom. The average molecular weight is 127 g/mol. The zero-order valence-electron chi connectivity index (χ0n) is 6.17. The lowest BCUT2D eigenvalue weighted by molar-refractivity contribution is 0.147. The third-order valence-corrected chi connectivity index (χ3v) is 1.47. The molecule has 2 atom stereocenters. The smallest absolute Gasteiger partial charge is 0.0574 e. The molecular weight excluding hydrogens is 112 g/mol. The highest BCUT2D eigenvalue weighted by Gasteiger charge is 2.06. The minimum atomic E-state index is -0.243. The van der Waals surface area contributed by atoms with Gasteiger partial charge in [0.1, 0.15) is 0 Å². The van der Waals surface area contributed by atoms with E-state index in [-0.39, 0.29) is 12.0 Å². The highest BCUT2D eigenvalue weighted by Crippen LogP contribution is 2.08. The summed E-state index contributed by atoms with van der Waals surface area (Å²) in [5, 5.41) is 9.06. The molecule has 1 radical (unpaired) electrons. The van der Waals surface area contributed by atoms with Gasteiger partial charge in [-0.3, -0.25) is 0 Å². The van der Waals surface area contributed by atoms with Crippen molar-refractivity contribution in [2.24, 2.45) is 5.92 Å². The third-order valence-electron chi connectivity index (χ3n) is 1.47. The normalized spacial score (nSPS) is 18.2. The Morgan fingerprint density at radius 3 is 2.33 bits per heavy atom. The maximum absolute atomic E-state index is 9.06. The SMILES string of the molecule is [CH2]C=CC(CC)C(C)O. The van der Waals surface area contributed by atoms with Crippen LogP contribution in [0.1, 0.15) is 20.3 Å². The fourth-order valence-electron chi connectivity index (χ4n) is 0.813. The van der Waals surface area contributed by atoms with Crippen LogP contribution in [0.5, 0.6) is 0 Å². The lowest BCUT2D eigenvalue weighted by Gasteiger charge is -2.11. The van der Waals surface area contributed by atoms with Crippen molar-refractivity contribution in [2.75, 3.05) is 0 Å². The zero-order valence-corrected chi connectivity index (χ0v) is 6.17. The van der Waals surface area contributed by atoms with E-state index in [1.54, 1.807) is 13.0 Å². The molecule has 0 aliphatic carbocycles. The van der Waals surface area contributed by atoms with Gasteiger partial charge in [0, 0.05) is 5.92 Å². The first-order valence-corrected chi connectivity index (χ1v) is 3.36. The number of rotatable bonds is 3. The van der Waals surface area contributed by atoms with Gasteiger partial charge < -0.3 is 5.11 Å². The van der Waals surface area contributed by atoms with Gasteiger partial charge in [0.25, 0.3) is 0 Å². The molecule has 0 spiro atoms. The van der Waals surface area contributed by atoms with Crippen LogP contribution in [0.2, 0.25) is 0 Å². The number of aliphatic hydroxyl groups is 1. The molecule has 0 heterocycles. The minimum Gasteiger partial charge on any atom is -0.393 e. The van der Waals surface area contributed by atoms with Crippen molar-refractivity contribution in [3.8, 4) is 0 Å². The monoisotopic (exact) mass is 127 g/mol. The first kappa shape index (κ1) is 8.70. The number of allylic oxidation sites excluding steroid dienone is 1. The fraction of sp³-hybridized carbons (Fsp3) is 0.625. The van der Waals surface area contributed by atoms with E-state index in [0.29, 0.717) is 0 Å². The number of hydrogen-bond acceptors (Lipinski definition) is 1. The van der Waals surface area contributed by atoms with Crippen LogP contribution < -0.4 is 0 Å². The Morgan fingerprint density at radius 1 is 1.67 bits per heavy atom. The zero-order chi connectivity index (χ0) is 7.28. The minimum absolute atomic E-state index is 0.243. The molecule has 1 nitrogen and oxygen atoms in total. The molecule has 0 rings (SSSR count). The molecule has 9 heavy (non-hydrogen) atoms. The maximum atomic E-state index is 9.06. The Bertz CT molecular complexity index is 84.6. The van der Waals surface area contributed by atoms with Crippen LogP contribution in [0.3, 0.4) is 0 Å². The molecule has 0 aliphatic heterocycles. The summed E-state index contributed by atoms with van der Waals surface area (Å²) in [4.78, 5) is 0. The highest BCUT2D eigenvalue weighted by molar-refractivity contribution is 4.91.